The Morgan fingerprint density at radius 1 is 1.00 bits per heavy atom. The SMILES string of the molecule is COC(=O)c1cccc(COc2ccc(-c3cc(F)c(F)cc3OC)cc2)c1Br. The summed E-state index contributed by atoms with van der Waals surface area (Å²) in [4.78, 5) is 11.8. The van der Waals surface area contributed by atoms with E-state index in [2.05, 4.69) is 15.9 Å². The number of esters is 1. The minimum Gasteiger partial charge on any atom is -0.496 e. The molecule has 0 radical (unpaired) electrons. The standard InChI is InChI=1S/C22H17BrF2O4/c1-27-20-11-19(25)18(24)10-17(20)13-6-8-15(9-7-13)29-12-14-4-3-5-16(21(14)23)22(26)28-2/h3-11H,12H2,1-2H3. The molecule has 0 bridgehead atoms. The van der Waals surface area contributed by atoms with Crippen molar-refractivity contribution in [2.75, 3.05) is 14.2 Å². The van der Waals surface area contributed by atoms with Crippen molar-refractivity contribution in [3.8, 4) is 22.6 Å². The van der Waals surface area contributed by atoms with Crippen LogP contribution in [0.25, 0.3) is 11.1 Å². The van der Waals surface area contributed by atoms with Crippen LogP contribution in [0.15, 0.2) is 59.1 Å². The van der Waals surface area contributed by atoms with Gasteiger partial charge in [0, 0.05) is 21.7 Å². The molecular weight excluding hydrogens is 446 g/mol. The van der Waals surface area contributed by atoms with Crippen molar-refractivity contribution in [3.63, 3.8) is 0 Å². The van der Waals surface area contributed by atoms with Crippen LogP contribution in [0, 0.1) is 11.6 Å². The third-order valence-corrected chi connectivity index (χ3v) is 5.22. The second kappa shape index (κ2) is 9.05. The monoisotopic (exact) mass is 462 g/mol. The van der Waals surface area contributed by atoms with Crippen LogP contribution in [-0.4, -0.2) is 20.2 Å². The average Bonchev–Trinajstić information content (AvgIpc) is 2.74. The Hall–Kier alpha value is -2.93. The molecule has 0 spiro atoms. The van der Waals surface area contributed by atoms with Crippen molar-refractivity contribution in [2.24, 2.45) is 0 Å². The van der Waals surface area contributed by atoms with Crippen LogP contribution in [0.4, 0.5) is 8.78 Å². The average molecular weight is 463 g/mol. The van der Waals surface area contributed by atoms with Crippen LogP contribution in [0.2, 0.25) is 0 Å². The van der Waals surface area contributed by atoms with Crippen LogP contribution in [0.1, 0.15) is 15.9 Å². The van der Waals surface area contributed by atoms with E-state index in [9.17, 15) is 13.6 Å². The maximum atomic E-state index is 13.6. The van der Waals surface area contributed by atoms with E-state index < -0.39 is 17.6 Å². The molecule has 0 aliphatic heterocycles. The summed E-state index contributed by atoms with van der Waals surface area (Å²) in [6.45, 7) is 0.221. The maximum absolute atomic E-state index is 13.6. The summed E-state index contributed by atoms with van der Waals surface area (Å²) in [6, 6.07) is 14.2. The van der Waals surface area contributed by atoms with Crippen LogP contribution < -0.4 is 9.47 Å². The quantitative estimate of drug-likeness (QED) is 0.436. The van der Waals surface area contributed by atoms with E-state index in [1.54, 1.807) is 36.4 Å². The Morgan fingerprint density at radius 2 is 1.69 bits per heavy atom. The molecule has 0 unspecified atom stereocenters. The van der Waals surface area contributed by atoms with Crippen molar-refractivity contribution >= 4 is 21.9 Å². The molecule has 0 N–H and O–H groups in total. The Kier molecular flexibility index (Phi) is 6.49. The predicted molar refractivity (Wildman–Crippen MR) is 108 cm³/mol. The first-order chi connectivity index (χ1) is 13.9. The van der Waals surface area contributed by atoms with Crippen molar-refractivity contribution in [1.82, 2.24) is 0 Å². The van der Waals surface area contributed by atoms with Gasteiger partial charge in [0.2, 0.25) is 0 Å². The number of rotatable bonds is 6. The van der Waals surface area contributed by atoms with Gasteiger partial charge in [-0.2, -0.15) is 0 Å². The third-order valence-electron chi connectivity index (χ3n) is 4.29. The molecule has 29 heavy (non-hydrogen) atoms. The zero-order valence-electron chi connectivity index (χ0n) is 15.7. The molecule has 0 saturated heterocycles. The molecule has 0 aromatic heterocycles. The van der Waals surface area contributed by atoms with Gasteiger partial charge < -0.3 is 14.2 Å². The second-order valence-corrected chi connectivity index (χ2v) is 6.84. The highest BCUT2D eigenvalue weighted by atomic mass is 79.9. The smallest absolute Gasteiger partial charge is 0.339 e. The lowest BCUT2D eigenvalue weighted by atomic mass is 10.0. The van der Waals surface area contributed by atoms with Gasteiger partial charge in [-0.3, -0.25) is 0 Å². The molecule has 0 aliphatic rings. The van der Waals surface area contributed by atoms with E-state index in [0.717, 1.165) is 17.7 Å². The number of methoxy groups -OCH3 is 2. The first-order valence-electron chi connectivity index (χ1n) is 8.56. The van der Waals surface area contributed by atoms with E-state index in [1.165, 1.54) is 14.2 Å². The minimum atomic E-state index is -0.967. The molecule has 0 amide bonds. The van der Waals surface area contributed by atoms with Crippen LogP contribution >= 0.6 is 15.9 Å². The number of benzene rings is 3. The zero-order chi connectivity index (χ0) is 21.0. The Morgan fingerprint density at radius 3 is 2.34 bits per heavy atom. The Bertz CT molecular complexity index is 1040. The lowest BCUT2D eigenvalue weighted by Crippen LogP contribution is -2.05. The van der Waals surface area contributed by atoms with E-state index in [-0.39, 0.29) is 12.4 Å². The summed E-state index contributed by atoms with van der Waals surface area (Å²) >= 11 is 3.41. The summed E-state index contributed by atoms with van der Waals surface area (Å²) in [5.41, 5.74) is 2.28. The summed E-state index contributed by atoms with van der Waals surface area (Å²) in [7, 11) is 2.72. The number of halogens is 3. The topological polar surface area (TPSA) is 44.8 Å². The highest BCUT2D eigenvalue weighted by molar-refractivity contribution is 9.10. The fourth-order valence-corrected chi connectivity index (χ4v) is 3.31. The number of hydrogen-bond donors (Lipinski definition) is 0. The van der Waals surface area contributed by atoms with Crippen molar-refractivity contribution in [2.45, 2.75) is 6.61 Å². The van der Waals surface area contributed by atoms with Gasteiger partial charge in [0.15, 0.2) is 11.6 Å². The fraction of sp³-hybridized carbons (Fsp3) is 0.136. The molecule has 0 saturated carbocycles. The predicted octanol–water partition coefficient (Wildman–Crippen LogP) is 5.77. The number of ether oxygens (including phenoxy) is 3. The lowest BCUT2D eigenvalue weighted by molar-refractivity contribution is 0.0599. The molecule has 3 aromatic carbocycles. The molecule has 0 atom stereocenters. The summed E-state index contributed by atoms with van der Waals surface area (Å²) in [5.74, 6) is -1.54. The number of carbonyl (C=O) groups is 1. The maximum Gasteiger partial charge on any atom is 0.339 e. The van der Waals surface area contributed by atoms with Gasteiger partial charge in [-0.1, -0.05) is 24.3 Å². The highest BCUT2D eigenvalue weighted by Gasteiger charge is 2.14. The van der Waals surface area contributed by atoms with Crippen LogP contribution in [0.5, 0.6) is 11.5 Å². The Labute approximate surface area is 175 Å². The molecule has 0 fully saturated rings. The van der Waals surface area contributed by atoms with Gasteiger partial charge in [0.25, 0.3) is 0 Å². The first kappa shape index (κ1) is 20.8. The van der Waals surface area contributed by atoms with Crippen LogP contribution in [-0.2, 0) is 11.3 Å². The third kappa shape index (κ3) is 4.56. The van der Waals surface area contributed by atoms with Gasteiger partial charge in [-0.15, -0.1) is 0 Å². The van der Waals surface area contributed by atoms with Gasteiger partial charge in [0.1, 0.15) is 18.1 Å². The number of carbonyl (C=O) groups excluding carboxylic acids is 1. The molecule has 4 nitrogen and oxygen atoms in total. The van der Waals surface area contributed by atoms with Crippen molar-refractivity contribution in [3.05, 3.63) is 81.8 Å². The van der Waals surface area contributed by atoms with E-state index in [4.69, 9.17) is 14.2 Å². The first-order valence-corrected chi connectivity index (χ1v) is 9.36. The zero-order valence-corrected chi connectivity index (χ0v) is 17.3. The fourth-order valence-electron chi connectivity index (χ4n) is 2.77. The summed E-state index contributed by atoms with van der Waals surface area (Å²) in [5, 5.41) is 0. The van der Waals surface area contributed by atoms with Gasteiger partial charge in [-0.25, -0.2) is 13.6 Å². The Balaban J connectivity index is 1.78. The van der Waals surface area contributed by atoms with Gasteiger partial charge in [0.05, 0.1) is 19.8 Å². The summed E-state index contributed by atoms with van der Waals surface area (Å²) in [6.07, 6.45) is 0. The van der Waals surface area contributed by atoms with Crippen molar-refractivity contribution in [1.29, 1.82) is 0 Å². The largest absolute Gasteiger partial charge is 0.496 e. The van der Waals surface area contributed by atoms with Gasteiger partial charge >= 0.3 is 5.97 Å². The highest BCUT2D eigenvalue weighted by Crippen LogP contribution is 2.33. The molecular formula is C22H17BrF2O4. The second-order valence-electron chi connectivity index (χ2n) is 6.05. The molecule has 7 heteroatoms. The molecule has 0 aliphatic carbocycles. The van der Waals surface area contributed by atoms with E-state index in [1.807, 2.05) is 6.07 Å². The molecule has 3 aromatic rings. The molecule has 3 rings (SSSR count). The summed E-state index contributed by atoms with van der Waals surface area (Å²) < 4.78 is 43.3. The lowest BCUT2D eigenvalue weighted by Gasteiger charge is -2.12. The molecule has 150 valence electrons. The molecule has 0 heterocycles. The van der Waals surface area contributed by atoms with Crippen LogP contribution in [0.3, 0.4) is 0 Å². The van der Waals surface area contributed by atoms with E-state index >= 15 is 0 Å². The minimum absolute atomic E-state index is 0.221. The normalized spacial score (nSPS) is 10.5. The van der Waals surface area contributed by atoms with E-state index in [0.29, 0.717) is 26.9 Å². The number of hydrogen-bond acceptors (Lipinski definition) is 4. The van der Waals surface area contributed by atoms with Crippen molar-refractivity contribution < 1.29 is 27.8 Å². The van der Waals surface area contributed by atoms with Gasteiger partial charge in [-0.05, 0) is 45.8 Å².